The van der Waals surface area contributed by atoms with Crippen LogP contribution in [-0.4, -0.2) is 28.7 Å². The molecule has 0 aromatic heterocycles. The Morgan fingerprint density at radius 1 is 1.28 bits per heavy atom. The van der Waals surface area contributed by atoms with Gasteiger partial charge in [-0.2, -0.15) is 5.10 Å². The van der Waals surface area contributed by atoms with E-state index in [4.69, 9.17) is 26.2 Å². The third-order valence-corrected chi connectivity index (χ3v) is 4.90. The van der Waals surface area contributed by atoms with E-state index < -0.39 is 5.72 Å². The fraction of sp³-hybridized carbons (Fsp3) is 0.316. The number of hydrogen-bond acceptors (Lipinski definition) is 5. The van der Waals surface area contributed by atoms with E-state index >= 15 is 0 Å². The Labute approximate surface area is 151 Å². The Morgan fingerprint density at radius 2 is 2.08 bits per heavy atom. The number of fused-ring (bicyclic) bond motifs is 3. The van der Waals surface area contributed by atoms with Gasteiger partial charge < -0.3 is 14.6 Å². The van der Waals surface area contributed by atoms with Crippen molar-refractivity contribution >= 4 is 17.3 Å². The van der Waals surface area contributed by atoms with Gasteiger partial charge >= 0.3 is 0 Å². The van der Waals surface area contributed by atoms with Crippen LogP contribution in [0.1, 0.15) is 37.4 Å². The van der Waals surface area contributed by atoms with Crippen LogP contribution < -0.4 is 9.47 Å². The number of nitrogens with zero attached hydrogens (tertiary/aromatic N) is 2. The number of benzene rings is 2. The van der Waals surface area contributed by atoms with Gasteiger partial charge in [0, 0.05) is 22.6 Å². The lowest BCUT2D eigenvalue weighted by Gasteiger charge is -2.43. The molecule has 25 heavy (non-hydrogen) atoms. The van der Waals surface area contributed by atoms with Crippen LogP contribution in [0.2, 0.25) is 5.02 Å². The van der Waals surface area contributed by atoms with Gasteiger partial charge in [-0.3, -0.25) is 0 Å². The number of methoxy groups -OCH3 is 1. The average Bonchev–Trinajstić information content (AvgIpc) is 3.02. The molecule has 0 fully saturated rings. The molecule has 2 aliphatic heterocycles. The predicted octanol–water partition coefficient (Wildman–Crippen LogP) is 4.33. The summed E-state index contributed by atoms with van der Waals surface area (Å²) in [6.45, 7) is 3.96. The Morgan fingerprint density at radius 3 is 2.84 bits per heavy atom. The zero-order valence-electron chi connectivity index (χ0n) is 14.3. The number of ether oxygens (including phenoxy) is 2. The summed E-state index contributed by atoms with van der Waals surface area (Å²) in [5.41, 5.74) is 1.88. The van der Waals surface area contributed by atoms with Crippen molar-refractivity contribution in [1.82, 2.24) is 5.01 Å². The molecule has 0 saturated carbocycles. The lowest BCUT2D eigenvalue weighted by Crippen LogP contribution is -2.48. The zero-order chi connectivity index (χ0) is 17.8. The number of phenols is 1. The van der Waals surface area contributed by atoms with E-state index in [1.165, 1.54) is 0 Å². The van der Waals surface area contributed by atoms with Crippen LogP contribution in [-0.2, 0) is 0 Å². The van der Waals surface area contributed by atoms with E-state index in [2.05, 4.69) is 0 Å². The maximum absolute atomic E-state index is 10.3. The summed E-state index contributed by atoms with van der Waals surface area (Å²) >= 11 is 6.19. The Hall–Kier alpha value is -2.40. The fourth-order valence-electron chi connectivity index (χ4n) is 3.47. The third kappa shape index (κ3) is 2.59. The molecule has 2 aliphatic rings. The average molecular weight is 359 g/mol. The second-order valence-electron chi connectivity index (χ2n) is 6.73. The SMILES string of the molecule is COc1ccc(O)c(C2=NN3[C@H](C2)c2cc(Cl)ccc2OC3(C)C)c1. The molecule has 0 amide bonds. The van der Waals surface area contributed by atoms with Gasteiger partial charge in [0.15, 0.2) is 5.72 Å². The van der Waals surface area contributed by atoms with Gasteiger partial charge in [0.05, 0.1) is 18.9 Å². The minimum Gasteiger partial charge on any atom is -0.507 e. The first-order valence-electron chi connectivity index (χ1n) is 8.12. The highest BCUT2D eigenvalue weighted by Crippen LogP contribution is 2.47. The fourth-order valence-corrected chi connectivity index (χ4v) is 3.65. The zero-order valence-corrected chi connectivity index (χ0v) is 15.0. The van der Waals surface area contributed by atoms with Crippen molar-refractivity contribution < 1.29 is 14.6 Å². The van der Waals surface area contributed by atoms with Gasteiger partial charge in [0.25, 0.3) is 0 Å². The molecule has 130 valence electrons. The van der Waals surface area contributed by atoms with Crippen molar-refractivity contribution in [3.05, 3.63) is 52.5 Å². The van der Waals surface area contributed by atoms with Crippen molar-refractivity contribution in [1.29, 1.82) is 0 Å². The van der Waals surface area contributed by atoms with Gasteiger partial charge in [0.1, 0.15) is 17.2 Å². The standard InChI is InChI=1S/C19H19ClN2O3/c1-19(2)22-16(14-8-11(20)4-7-18(14)25-19)10-15(21-22)13-9-12(24-3)5-6-17(13)23/h4-9,16,23H,10H2,1-3H3/t16-/m1/s1. The molecule has 0 radical (unpaired) electrons. The Balaban J connectivity index is 1.79. The molecule has 0 aliphatic carbocycles. The molecular weight excluding hydrogens is 340 g/mol. The van der Waals surface area contributed by atoms with Crippen LogP contribution in [0, 0.1) is 0 Å². The summed E-state index contributed by atoms with van der Waals surface area (Å²) in [6.07, 6.45) is 0.654. The first-order valence-corrected chi connectivity index (χ1v) is 8.49. The number of halogens is 1. The quantitative estimate of drug-likeness (QED) is 0.868. The van der Waals surface area contributed by atoms with Crippen LogP contribution >= 0.6 is 11.6 Å². The van der Waals surface area contributed by atoms with Crippen molar-refractivity contribution in [3.8, 4) is 17.2 Å². The van der Waals surface area contributed by atoms with Gasteiger partial charge in [-0.25, -0.2) is 5.01 Å². The summed E-state index contributed by atoms with van der Waals surface area (Å²) in [6, 6.07) is 10.8. The molecule has 4 rings (SSSR count). The molecule has 0 unspecified atom stereocenters. The highest BCUT2D eigenvalue weighted by Gasteiger charge is 2.45. The van der Waals surface area contributed by atoms with Crippen molar-refractivity contribution in [3.63, 3.8) is 0 Å². The van der Waals surface area contributed by atoms with E-state index in [9.17, 15) is 5.11 Å². The van der Waals surface area contributed by atoms with Crippen molar-refractivity contribution in [2.45, 2.75) is 32.0 Å². The third-order valence-electron chi connectivity index (χ3n) is 4.67. The van der Waals surface area contributed by atoms with E-state index in [-0.39, 0.29) is 11.8 Å². The molecule has 5 nitrogen and oxygen atoms in total. The lowest BCUT2D eigenvalue weighted by molar-refractivity contribution is -0.0911. The second-order valence-corrected chi connectivity index (χ2v) is 7.16. The van der Waals surface area contributed by atoms with Crippen molar-refractivity contribution in [2.75, 3.05) is 7.11 Å². The van der Waals surface area contributed by atoms with Crippen LogP contribution in [0.3, 0.4) is 0 Å². The minimum absolute atomic E-state index is 0.0121. The molecule has 0 saturated heterocycles. The largest absolute Gasteiger partial charge is 0.507 e. The summed E-state index contributed by atoms with van der Waals surface area (Å²) in [5, 5.41) is 17.7. The first kappa shape index (κ1) is 16.1. The number of aromatic hydroxyl groups is 1. The van der Waals surface area contributed by atoms with Crippen LogP contribution in [0.4, 0.5) is 0 Å². The Kier molecular flexibility index (Phi) is 3.58. The summed E-state index contributed by atoms with van der Waals surface area (Å²) in [5.74, 6) is 1.69. The molecular formula is C19H19ClN2O3. The van der Waals surface area contributed by atoms with E-state index in [1.807, 2.05) is 37.1 Å². The van der Waals surface area contributed by atoms with Crippen LogP contribution in [0.25, 0.3) is 0 Å². The van der Waals surface area contributed by atoms with Crippen LogP contribution in [0.5, 0.6) is 17.2 Å². The molecule has 2 aromatic carbocycles. The normalized spacial score (nSPS) is 20.4. The smallest absolute Gasteiger partial charge is 0.192 e. The summed E-state index contributed by atoms with van der Waals surface area (Å²) in [4.78, 5) is 0. The lowest BCUT2D eigenvalue weighted by atomic mass is 9.95. The predicted molar refractivity (Wildman–Crippen MR) is 96.6 cm³/mol. The number of hydrazone groups is 1. The van der Waals surface area contributed by atoms with Gasteiger partial charge in [-0.15, -0.1) is 0 Å². The molecule has 0 spiro atoms. The summed E-state index contributed by atoms with van der Waals surface area (Å²) < 4.78 is 11.4. The van der Waals surface area contributed by atoms with Gasteiger partial charge in [-0.1, -0.05) is 11.6 Å². The first-order chi connectivity index (χ1) is 11.9. The summed E-state index contributed by atoms with van der Waals surface area (Å²) in [7, 11) is 1.60. The van der Waals surface area contributed by atoms with Gasteiger partial charge in [-0.05, 0) is 50.2 Å². The molecule has 2 heterocycles. The number of hydrogen-bond donors (Lipinski definition) is 1. The van der Waals surface area contributed by atoms with Gasteiger partial charge in [0.2, 0.25) is 0 Å². The van der Waals surface area contributed by atoms with Crippen molar-refractivity contribution in [2.24, 2.45) is 5.10 Å². The highest BCUT2D eigenvalue weighted by atomic mass is 35.5. The minimum atomic E-state index is -0.596. The Bertz CT molecular complexity index is 879. The second kappa shape index (κ2) is 5.56. The van der Waals surface area contributed by atoms with Crippen LogP contribution in [0.15, 0.2) is 41.5 Å². The monoisotopic (exact) mass is 358 g/mol. The topological polar surface area (TPSA) is 54.3 Å². The molecule has 1 atom stereocenters. The van der Waals surface area contributed by atoms with E-state index in [0.717, 1.165) is 17.0 Å². The maximum Gasteiger partial charge on any atom is 0.192 e. The molecule has 2 aromatic rings. The number of rotatable bonds is 2. The molecule has 0 bridgehead atoms. The molecule has 6 heteroatoms. The van der Waals surface area contributed by atoms with E-state index in [1.54, 1.807) is 25.3 Å². The van der Waals surface area contributed by atoms with E-state index in [0.29, 0.717) is 22.8 Å². The number of phenolic OH excluding ortho intramolecular Hbond substituents is 1. The highest BCUT2D eigenvalue weighted by molar-refractivity contribution is 6.30. The molecule has 1 N–H and O–H groups in total. The maximum atomic E-state index is 10.3.